The standard InChI is InChI=1S/C12H7F3N6O2/c13-12(14,15)11-19-7-2-1-6(3-8(7)20-11)18-10-9(21(22)23)4-16-5-17-10/h1-5H,(H,19,20)(H,16,17,18). The minimum Gasteiger partial charge on any atom is -0.334 e. The van der Waals surface area contributed by atoms with Gasteiger partial charge in [0, 0.05) is 5.69 Å². The molecule has 2 N–H and O–H groups in total. The fraction of sp³-hybridized carbons (Fsp3) is 0.0833. The number of hydrogen-bond acceptors (Lipinski definition) is 6. The smallest absolute Gasteiger partial charge is 0.334 e. The summed E-state index contributed by atoms with van der Waals surface area (Å²) in [5.74, 6) is -1.18. The van der Waals surface area contributed by atoms with E-state index in [2.05, 4.69) is 25.3 Å². The molecule has 0 radical (unpaired) electrons. The van der Waals surface area contributed by atoms with Crippen LogP contribution in [0.15, 0.2) is 30.7 Å². The van der Waals surface area contributed by atoms with Gasteiger partial charge in [-0.2, -0.15) is 13.2 Å². The van der Waals surface area contributed by atoms with E-state index in [1.54, 1.807) is 0 Å². The Kier molecular flexibility index (Phi) is 3.32. The Morgan fingerprint density at radius 2 is 2.09 bits per heavy atom. The first-order valence-corrected chi connectivity index (χ1v) is 6.13. The first-order chi connectivity index (χ1) is 10.8. The molecule has 11 heteroatoms. The Labute approximate surface area is 125 Å². The van der Waals surface area contributed by atoms with Crippen molar-refractivity contribution in [3.63, 3.8) is 0 Å². The molecule has 0 fully saturated rings. The van der Waals surface area contributed by atoms with Gasteiger partial charge in [-0.15, -0.1) is 0 Å². The fourth-order valence-corrected chi connectivity index (χ4v) is 1.91. The predicted molar refractivity (Wildman–Crippen MR) is 73.1 cm³/mol. The van der Waals surface area contributed by atoms with Crippen LogP contribution < -0.4 is 5.32 Å². The Balaban J connectivity index is 1.97. The molecular weight excluding hydrogens is 317 g/mol. The van der Waals surface area contributed by atoms with Crippen LogP contribution in [0, 0.1) is 10.1 Å². The number of benzene rings is 1. The van der Waals surface area contributed by atoms with Gasteiger partial charge < -0.3 is 10.3 Å². The third-order valence-corrected chi connectivity index (χ3v) is 2.90. The summed E-state index contributed by atoms with van der Waals surface area (Å²) in [6.45, 7) is 0. The van der Waals surface area contributed by atoms with Crippen molar-refractivity contribution >= 4 is 28.2 Å². The maximum absolute atomic E-state index is 12.6. The summed E-state index contributed by atoms with van der Waals surface area (Å²) < 4.78 is 37.8. The second-order valence-electron chi connectivity index (χ2n) is 4.45. The number of aromatic nitrogens is 4. The van der Waals surface area contributed by atoms with Gasteiger partial charge >= 0.3 is 11.9 Å². The van der Waals surface area contributed by atoms with Crippen LogP contribution in [0.1, 0.15) is 5.82 Å². The molecule has 3 aromatic rings. The van der Waals surface area contributed by atoms with Crippen molar-refractivity contribution in [2.45, 2.75) is 6.18 Å². The second kappa shape index (κ2) is 5.19. The minimum atomic E-state index is -4.59. The van der Waals surface area contributed by atoms with E-state index in [-0.39, 0.29) is 22.5 Å². The lowest BCUT2D eigenvalue weighted by atomic mass is 10.2. The lowest BCUT2D eigenvalue weighted by Gasteiger charge is -2.05. The van der Waals surface area contributed by atoms with Gasteiger partial charge in [0.2, 0.25) is 11.6 Å². The highest BCUT2D eigenvalue weighted by molar-refractivity contribution is 5.81. The Morgan fingerprint density at radius 3 is 2.78 bits per heavy atom. The van der Waals surface area contributed by atoms with Crippen molar-refractivity contribution in [3.05, 3.63) is 46.7 Å². The van der Waals surface area contributed by atoms with Crippen molar-refractivity contribution in [1.82, 2.24) is 19.9 Å². The number of nitrogens with zero attached hydrogens (tertiary/aromatic N) is 4. The lowest BCUT2D eigenvalue weighted by molar-refractivity contribution is -0.384. The first-order valence-electron chi connectivity index (χ1n) is 6.13. The highest BCUT2D eigenvalue weighted by atomic mass is 19.4. The summed E-state index contributed by atoms with van der Waals surface area (Å²) >= 11 is 0. The van der Waals surface area contributed by atoms with Gasteiger partial charge in [-0.05, 0) is 18.2 Å². The molecule has 0 atom stereocenters. The topological polar surface area (TPSA) is 110 Å². The monoisotopic (exact) mass is 324 g/mol. The zero-order valence-corrected chi connectivity index (χ0v) is 11.1. The molecule has 8 nitrogen and oxygen atoms in total. The number of rotatable bonds is 3. The molecule has 0 aliphatic heterocycles. The number of nitrogens with one attached hydrogen (secondary N) is 2. The van der Waals surface area contributed by atoms with E-state index in [1.807, 2.05) is 0 Å². The number of fused-ring (bicyclic) bond motifs is 1. The largest absolute Gasteiger partial charge is 0.449 e. The zero-order valence-electron chi connectivity index (χ0n) is 11.1. The van der Waals surface area contributed by atoms with Gasteiger partial charge in [0.15, 0.2) is 0 Å². The normalized spacial score (nSPS) is 11.6. The number of alkyl halides is 3. The quantitative estimate of drug-likeness (QED) is 0.566. The maximum atomic E-state index is 12.6. The molecule has 118 valence electrons. The van der Waals surface area contributed by atoms with Crippen LogP contribution in [0.3, 0.4) is 0 Å². The zero-order chi connectivity index (χ0) is 16.6. The van der Waals surface area contributed by atoms with E-state index in [4.69, 9.17) is 0 Å². The van der Waals surface area contributed by atoms with Crippen molar-refractivity contribution < 1.29 is 18.1 Å². The molecule has 0 unspecified atom stereocenters. The van der Waals surface area contributed by atoms with Crippen molar-refractivity contribution in [3.8, 4) is 0 Å². The average molecular weight is 324 g/mol. The number of H-pyrrole nitrogens is 1. The van der Waals surface area contributed by atoms with Crippen LogP contribution in [0.5, 0.6) is 0 Å². The molecule has 0 bridgehead atoms. The van der Waals surface area contributed by atoms with Crippen LogP contribution in [-0.2, 0) is 6.18 Å². The first kappa shape index (κ1) is 14.7. The van der Waals surface area contributed by atoms with Gasteiger partial charge in [-0.3, -0.25) is 10.1 Å². The highest BCUT2D eigenvalue weighted by Gasteiger charge is 2.34. The van der Waals surface area contributed by atoms with Crippen LogP contribution in [-0.4, -0.2) is 24.9 Å². The van der Waals surface area contributed by atoms with E-state index < -0.39 is 16.9 Å². The van der Waals surface area contributed by atoms with Crippen molar-refractivity contribution in [1.29, 1.82) is 0 Å². The predicted octanol–water partition coefficient (Wildman–Crippen LogP) is 3.02. The van der Waals surface area contributed by atoms with E-state index in [0.717, 1.165) is 12.5 Å². The molecule has 0 saturated heterocycles. The molecule has 0 aliphatic carbocycles. The summed E-state index contributed by atoms with van der Waals surface area (Å²) in [6.07, 6.45) is -2.45. The van der Waals surface area contributed by atoms with Crippen LogP contribution in [0.25, 0.3) is 11.0 Å². The third kappa shape index (κ3) is 2.88. The molecule has 3 rings (SSSR count). The summed E-state index contributed by atoms with van der Waals surface area (Å²) in [5, 5.41) is 13.6. The fourth-order valence-electron chi connectivity index (χ4n) is 1.91. The Morgan fingerprint density at radius 1 is 1.30 bits per heavy atom. The third-order valence-electron chi connectivity index (χ3n) is 2.90. The molecule has 0 spiro atoms. The summed E-state index contributed by atoms with van der Waals surface area (Å²) in [7, 11) is 0. The van der Waals surface area contributed by atoms with Gasteiger partial charge in [0.05, 0.1) is 16.0 Å². The van der Waals surface area contributed by atoms with Crippen molar-refractivity contribution in [2.24, 2.45) is 0 Å². The number of halogens is 3. The highest BCUT2D eigenvalue weighted by Crippen LogP contribution is 2.30. The van der Waals surface area contributed by atoms with Gasteiger partial charge in [-0.25, -0.2) is 15.0 Å². The Hall–Kier alpha value is -3.24. The second-order valence-corrected chi connectivity index (χ2v) is 4.45. The molecule has 1 aromatic carbocycles. The van der Waals surface area contributed by atoms with Crippen molar-refractivity contribution in [2.75, 3.05) is 5.32 Å². The SMILES string of the molecule is O=[N+]([O-])c1cncnc1Nc1ccc2nc(C(F)(F)F)[nH]c2c1. The summed E-state index contributed by atoms with van der Waals surface area (Å²) in [4.78, 5) is 23.1. The van der Waals surface area contributed by atoms with E-state index in [0.29, 0.717) is 5.69 Å². The van der Waals surface area contributed by atoms with Gasteiger partial charge in [-0.1, -0.05) is 0 Å². The molecule has 0 amide bonds. The van der Waals surface area contributed by atoms with Gasteiger partial charge in [0.1, 0.15) is 12.5 Å². The molecule has 0 saturated carbocycles. The van der Waals surface area contributed by atoms with Crippen LogP contribution in [0.4, 0.5) is 30.4 Å². The summed E-state index contributed by atoms with van der Waals surface area (Å²) in [6, 6.07) is 4.15. The van der Waals surface area contributed by atoms with E-state index >= 15 is 0 Å². The number of nitro groups is 1. The molecule has 23 heavy (non-hydrogen) atoms. The molecule has 2 aromatic heterocycles. The van der Waals surface area contributed by atoms with Crippen LogP contribution >= 0.6 is 0 Å². The molecular formula is C12H7F3N6O2. The Bertz CT molecular complexity index is 892. The number of imidazole rings is 1. The molecule has 0 aliphatic rings. The maximum Gasteiger partial charge on any atom is 0.449 e. The van der Waals surface area contributed by atoms with Gasteiger partial charge in [0.25, 0.3) is 0 Å². The van der Waals surface area contributed by atoms with E-state index in [1.165, 1.54) is 18.2 Å². The van der Waals surface area contributed by atoms with Crippen LogP contribution in [0.2, 0.25) is 0 Å². The minimum absolute atomic E-state index is 0.0695. The molecule has 2 heterocycles. The number of anilines is 2. The lowest BCUT2D eigenvalue weighted by Crippen LogP contribution is -2.06. The average Bonchev–Trinajstić information content (AvgIpc) is 2.91. The van der Waals surface area contributed by atoms with E-state index in [9.17, 15) is 23.3 Å². The number of aromatic amines is 1. The number of hydrogen-bond donors (Lipinski definition) is 2. The summed E-state index contributed by atoms with van der Waals surface area (Å²) in [5.41, 5.74) is 0.226.